The van der Waals surface area contributed by atoms with Crippen LogP contribution in [0.4, 0.5) is 14.7 Å². The standard InChI is InChI=1S/C20H25F2N7O2S/c1-12-8-24-19(25-9-12)13(2)14(3)32(31)28-20-27-26-17(6-4-5-7-30)29(20)18-15(21)10-23-11-16(18)22/h8-11,13-14,30H,4-7H2,1-3H3,(H,27,28). The Bertz CT molecular complexity index is 1020. The predicted octanol–water partition coefficient (Wildman–Crippen LogP) is 2.62. The number of aromatic nitrogens is 6. The van der Waals surface area contributed by atoms with Gasteiger partial charge in [0, 0.05) is 25.4 Å². The van der Waals surface area contributed by atoms with Crippen molar-refractivity contribution >= 4 is 17.3 Å². The molecule has 12 heteroatoms. The topological polar surface area (TPSA) is 125 Å². The van der Waals surface area contributed by atoms with Gasteiger partial charge in [-0.25, -0.2) is 18.7 Å². The van der Waals surface area contributed by atoms with Crippen LogP contribution in [0, 0.1) is 18.6 Å². The fraction of sp³-hybridized carbons (Fsp3) is 0.450. The maximum absolute atomic E-state index is 14.5. The van der Waals surface area contributed by atoms with E-state index in [2.05, 4.69) is 29.9 Å². The smallest absolute Gasteiger partial charge is 0.271 e. The summed E-state index contributed by atoms with van der Waals surface area (Å²) in [6.45, 7) is 5.47. The predicted molar refractivity (Wildman–Crippen MR) is 116 cm³/mol. The van der Waals surface area contributed by atoms with E-state index in [4.69, 9.17) is 5.11 Å². The highest BCUT2D eigenvalue weighted by Crippen LogP contribution is 2.27. The maximum atomic E-state index is 14.5. The molecule has 3 atom stereocenters. The number of aryl methyl sites for hydroxylation is 2. The molecule has 0 amide bonds. The van der Waals surface area contributed by atoms with Crippen LogP contribution in [0.3, 0.4) is 0 Å². The van der Waals surface area contributed by atoms with E-state index in [-0.39, 0.29) is 24.3 Å². The number of hydrogen-bond acceptors (Lipinski definition) is 8. The first-order valence-electron chi connectivity index (χ1n) is 10.1. The van der Waals surface area contributed by atoms with Crippen molar-refractivity contribution in [2.75, 3.05) is 11.3 Å². The van der Waals surface area contributed by atoms with Crippen molar-refractivity contribution in [3.8, 4) is 5.69 Å². The van der Waals surface area contributed by atoms with E-state index >= 15 is 0 Å². The van der Waals surface area contributed by atoms with Crippen molar-refractivity contribution in [2.45, 2.75) is 51.2 Å². The highest BCUT2D eigenvalue weighted by atomic mass is 32.2. The van der Waals surface area contributed by atoms with Crippen LogP contribution in [0.5, 0.6) is 0 Å². The van der Waals surface area contributed by atoms with Crippen LogP contribution in [0.2, 0.25) is 0 Å². The third-order valence-electron chi connectivity index (χ3n) is 5.03. The first kappa shape index (κ1) is 24.0. The first-order chi connectivity index (χ1) is 15.3. The Labute approximate surface area is 187 Å². The van der Waals surface area contributed by atoms with Crippen LogP contribution >= 0.6 is 0 Å². The van der Waals surface area contributed by atoms with Gasteiger partial charge in [-0.1, -0.05) is 6.92 Å². The van der Waals surface area contributed by atoms with Gasteiger partial charge in [-0.05, 0) is 32.3 Å². The molecule has 0 spiro atoms. The average molecular weight is 466 g/mol. The van der Waals surface area contributed by atoms with Crippen LogP contribution in [-0.4, -0.2) is 51.2 Å². The summed E-state index contributed by atoms with van der Waals surface area (Å²) < 4.78 is 46.0. The highest BCUT2D eigenvalue weighted by molar-refractivity contribution is 7.93. The van der Waals surface area contributed by atoms with Gasteiger partial charge in [-0.3, -0.25) is 9.55 Å². The molecule has 0 bridgehead atoms. The van der Waals surface area contributed by atoms with Gasteiger partial charge in [0.25, 0.3) is 5.95 Å². The van der Waals surface area contributed by atoms with Gasteiger partial charge in [0.05, 0.1) is 29.7 Å². The van der Waals surface area contributed by atoms with Crippen molar-refractivity contribution in [1.82, 2.24) is 29.7 Å². The fourth-order valence-electron chi connectivity index (χ4n) is 3.01. The summed E-state index contributed by atoms with van der Waals surface area (Å²) in [5.74, 6) is -1.33. The Balaban J connectivity index is 1.89. The number of hydrogen-bond donors (Lipinski definition) is 2. The molecule has 3 aromatic rings. The number of anilines is 1. The minimum atomic E-state index is -1.70. The third-order valence-corrected chi connectivity index (χ3v) is 6.50. The second-order valence-corrected chi connectivity index (χ2v) is 8.96. The van der Waals surface area contributed by atoms with Crippen molar-refractivity contribution in [1.29, 1.82) is 0 Å². The normalized spacial score (nSPS) is 14.2. The van der Waals surface area contributed by atoms with Gasteiger partial charge >= 0.3 is 0 Å². The molecule has 0 fully saturated rings. The Morgan fingerprint density at radius 3 is 2.38 bits per heavy atom. The Hall–Kier alpha value is -2.70. The molecule has 0 saturated carbocycles. The lowest BCUT2D eigenvalue weighted by Crippen LogP contribution is -2.31. The lowest BCUT2D eigenvalue weighted by molar-refractivity contribution is 0.284. The summed E-state index contributed by atoms with van der Waals surface area (Å²) in [5.41, 5.74) is 0.502. The van der Waals surface area contributed by atoms with Crippen molar-refractivity contribution in [3.05, 3.63) is 53.6 Å². The summed E-state index contributed by atoms with van der Waals surface area (Å²) in [6.07, 6.45) is 6.48. The molecule has 32 heavy (non-hydrogen) atoms. The van der Waals surface area contributed by atoms with E-state index in [9.17, 15) is 13.3 Å². The van der Waals surface area contributed by atoms with E-state index in [1.165, 1.54) is 4.57 Å². The molecule has 0 aliphatic heterocycles. The fourth-order valence-corrected chi connectivity index (χ4v) is 4.00. The van der Waals surface area contributed by atoms with Crippen LogP contribution < -0.4 is 4.72 Å². The molecule has 3 aromatic heterocycles. The van der Waals surface area contributed by atoms with E-state index < -0.39 is 33.9 Å². The number of pyridine rings is 1. The summed E-state index contributed by atoms with van der Waals surface area (Å²) in [4.78, 5) is 12.1. The monoisotopic (exact) mass is 465 g/mol. The van der Waals surface area contributed by atoms with Crippen LogP contribution in [0.1, 0.15) is 49.8 Å². The molecule has 172 valence electrons. The number of rotatable bonds is 10. The summed E-state index contributed by atoms with van der Waals surface area (Å²) in [6, 6.07) is 0. The van der Waals surface area contributed by atoms with Crippen LogP contribution in [-0.2, 0) is 17.8 Å². The minimum absolute atomic E-state index is 0.0161. The molecule has 9 nitrogen and oxygen atoms in total. The van der Waals surface area contributed by atoms with Crippen LogP contribution in [0.15, 0.2) is 24.8 Å². The number of unbranched alkanes of at least 4 members (excludes halogenated alkanes) is 1. The SMILES string of the molecule is Cc1cnc(C(C)C(C)[S+]([O-])Nc2nnc(CCCCO)n2-c2c(F)cncc2F)nc1. The number of nitrogens with one attached hydrogen (secondary N) is 1. The molecule has 0 aromatic carbocycles. The first-order valence-corrected chi connectivity index (χ1v) is 11.3. The van der Waals surface area contributed by atoms with Gasteiger partial charge in [0.1, 0.15) is 22.6 Å². The Morgan fingerprint density at radius 1 is 1.09 bits per heavy atom. The lowest BCUT2D eigenvalue weighted by atomic mass is 10.1. The number of nitrogens with zero attached hydrogens (tertiary/aromatic N) is 6. The largest absolute Gasteiger partial charge is 0.593 e. The van der Waals surface area contributed by atoms with Crippen molar-refractivity contribution < 1.29 is 18.4 Å². The lowest BCUT2D eigenvalue weighted by Gasteiger charge is -2.22. The molecule has 3 heterocycles. The van der Waals surface area contributed by atoms with Gasteiger partial charge in [0.2, 0.25) is 0 Å². The maximum Gasteiger partial charge on any atom is 0.271 e. The summed E-state index contributed by atoms with van der Waals surface area (Å²) in [7, 11) is 0. The van der Waals surface area contributed by atoms with Gasteiger partial charge in [-0.2, -0.15) is 4.72 Å². The summed E-state index contributed by atoms with van der Waals surface area (Å²) in [5, 5.41) is 16.6. The Kier molecular flexibility index (Phi) is 8.04. The van der Waals surface area contributed by atoms with E-state index in [0.717, 1.165) is 18.0 Å². The number of aliphatic hydroxyl groups is 1. The molecule has 0 aliphatic rings. The summed E-state index contributed by atoms with van der Waals surface area (Å²) >= 11 is -1.70. The molecule has 3 rings (SSSR count). The molecule has 2 N–H and O–H groups in total. The quantitative estimate of drug-likeness (QED) is 0.346. The molecular formula is C20H25F2N7O2S. The van der Waals surface area contributed by atoms with Crippen molar-refractivity contribution in [3.63, 3.8) is 0 Å². The zero-order chi connectivity index (χ0) is 23.3. The molecule has 0 saturated heterocycles. The number of halogens is 2. The van der Waals surface area contributed by atoms with Gasteiger partial charge < -0.3 is 9.66 Å². The second kappa shape index (κ2) is 10.7. The van der Waals surface area contributed by atoms with Gasteiger partial charge in [0.15, 0.2) is 11.6 Å². The second-order valence-electron chi connectivity index (χ2n) is 7.42. The highest BCUT2D eigenvalue weighted by Gasteiger charge is 2.31. The van der Waals surface area contributed by atoms with Gasteiger partial charge in [-0.15, -0.1) is 10.2 Å². The Morgan fingerprint density at radius 2 is 1.75 bits per heavy atom. The number of aliphatic hydroxyl groups excluding tert-OH is 1. The van der Waals surface area contributed by atoms with E-state index in [1.54, 1.807) is 19.3 Å². The molecule has 0 radical (unpaired) electrons. The van der Waals surface area contributed by atoms with Crippen molar-refractivity contribution in [2.24, 2.45) is 0 Å². The molecule has 0 aliphatic carbocycles. The minimum Gasteiger partial charge on any atom is -0.593 e. The van der Waals surface area contributed by atoms with E-state index in [1.807, 2.05) is 13.8 Å². The van der Waals surface area contributed by atoms with Crippen LogP contribution in [0.25, 0.3) is 5.69 Å². The van der Waals surface area contributed by atoms with E-state index in [0.29, 0.717) is 25.1 Å². The third kappa shape index (κ3) is 5.37. The molecule has 3 unspecified atom stereocenters. The zero-order valence-corrected chi connectivity index (χ0v) is 18.8. The molecular weight excluding hydrogens is 440 g/mol. The zero-order valence-electron chi connectivity index (χ0n) is 18.0. The average Bonchev–Trinajstić information content (AvgIpc) is 3.15.